The number of aliphatic hydroxyl groups is 1. The topological polar surface area (TPSA) is 127 Å². The van der Waals surface area contributed by atoms with Crippen LogP contribution >= 0.6 is 0 Å². The first-order valence-electron chi connectivity index (χ1n) is 11.0. The van der Waals surface area contributed by atoms with E-state index < -0.39 is 18.3 Å². The Balaban J connectivity index is 1.43. The number of aliphatic imine (C=N–C) groups is 1. The predicted molar refractivity (Wildman–Crippen MR) is 117 cm³/mol. The second kappa shape index (κ2) is 8.48. The summed E-state index contributed by atoms with van der Waals surface area (Å²) in [5.74, 6) is -0.214. The Kier molecular flexibility index (Phi) is 5.50. The highest BCUT2D eigenvalue weighted by atomic mass is 19.1. The number of likely N-dealkylation sites (tertiary alicyclic amines) is 1. The third-order valence-electron chi connectivity index (χ3n) is 6.58. The second-order valence-electron chi connectivity index (χ2n) is 8.93. The summed E-state index contributed by atoms with van der Waals surface area (Å²) in [7, 11) is 0. The van der Waals surface area contributed by atoms with Gasteiger partial charge in [0.25, 0.3) is 5.91 Å². The van der Waals surface area contributed by atoms with Crippen molar-refractivity contribution in [2.24, 2.45) is 10.9 Å². The van der Waals surface area contributed by atoms with E-state index in [1.54, 1.807) is 12.4 Å². The molecule has 2 aliphatic heterocycles. The number of fused-ring (bicyclic) bond motifs is 1. The van der Waals surface area contributed by atoms with Crippen LogP contribution < -0.4 is 5.32 Å². The molecule has 1 aliphatic carbocycles. The molecule has 1 amide bonds. The van der Waals surface area contributed by atoms with Crippen LogP contribution in [-0.4, -0.2) is 61.4 Å². The number of pyridine rings is 1. The number of anilines is 1. The van der Waals surface area contributed by atoms with E-state index in [0.29, 0.717) is 29.9 Å². The molecule has 9 nitrogen and oxygen atoms in total. The maximum atomic E-state index is 14.5. The Morgan fingerprint density at radius 3 is 2.91 bits per heavy atom. The van der Waals surface area contributed by atoms with Crippen molar-refractivity contribution >= 4 is 17.4 Å². The molecule has 2 N–H and O–H groups in total. The van der Waals surface area contributed by atoms with E-state index in [1.165, 1.54) is 11.2 Å². The minimum atomic E-state index is -1.14. The van der Waals surface area contributed by atoms with Crippen LogP contribution in [-0.2, 0) is 11.3 Å². The maximum Gasteiger partial charge on any atom is 0.273 e. The fourth-order valence-electron chi connectivity index (χ4n) is 4.98. The van der Waals surface area contributed by atoms with Crippen molar-refractivity contribution in [1.82, 2.24) is 19.9 Å². The van der Waals surface area contributed by atoms with Gasteiger partial charge in [0.05, 0.1) is 54.5 Å². The number of alkyl halides is 1. The van der Waals surface area contributed by atoms with Crippen LogP contribution in [0.15, 0.2) is 29.8 Å². The van der Waals surface area contributed by atoms with Gasteiger partial charge in [-0.15, -0.1) is 0 Å². The average Bonchev–Trinajstić information content (AvgIpc) is 3.50. The van der Waals surface area contributed by atoms with Gasteiger partial charge in [-0.1, -0.05) is 6.07 Å². The van der Waals surface area contributed by atoms with E-state index in [1.807, 2.05) is 13.0 Å². The standard InChI is InChI=1S/C23H24FN7O2/c1-12-2-14(8-26-7-12)18-5-15(24)10-31(18)23(33)21-20-17(9-27-21)28-11-29-22(20)30-16-3-13(6-25)4-19(16)32/h2,7-8,11,13,15-16,18-19,32H,3-5,9-10H2,1H3,(H,28,29,30)/t13-,15+,16-,18-,19-/m1/s1. The molecule has 5 atom stereocenters. The number of aromatic nitrogens is 3. The number of aliphatic hydroxyl groups excluding tert-OH is 1. The van der Waals surface area contributed by atoms with Crippen LogP contribution in [0.25, 0.3) is 0 Å². The van der Waals surface area contributed by atoms with E-state index in [4.69, 9.17) is 0 Å². The van der Waals surface area contributed by atoms with Gasteiger partial charge in [-0.2, -0.15) is 5.26 Å². The van der Waals surface area contributed by atoms with Crippen molar-refractivity contribution < 1.29 is 14.3 Å². The quantitative estimate of drug-likeness (QED) is 0.729. The number of nitrogens with zero attached hydrogens (tertiary/aromatic N) is 6. The van der Waals surface area contributed by atoms with E-state index in [0.717, 1.165) is 11.1 Å². The Labute approximate surface area is 190 Å². The number of hydrogen-bond acceptors (Lipinski definition) is 8. The Morgan fingerprint density at radius 1 is 1.30 bits per heavy atom. The zero-order valence-corrected chi connectivity index (χ0v) is 18.1. The van der Waals surface area contributed by atoms with Crippen molar-refractivity contribution in [2.75, 3.05) is 11.9 Å². The van der Waals surface area contributed by atoms with Crippen LogP contribution in [0.2, 0.25) is 0 Å². The lowest BCUT2D eigenvalue weighted by Crippen LogP contribution is -2.37. The fourth-order valence-corrected chi connectivity index (χ4v) is 4.98. The number of nitriles is 1. The highest BCUT2D eigenvalue weighted by Gasteiger charge is 2.41. The van der Waals surface area contributed by atoms with E-state index >= 15 is 0 Å². The van der Waals surface area contributed by atoms with Crippen molar-refractivity contribution in [3.05, 3.63) is 47.2 Å². The molecule has 2 aromatic rings. The van der Waals surface area contributed by atoms with Gasteiger partial charge in [-0.3, -0.25) is 14.8 Å². The second-order valence-corrected chi connectivity index (χ2v) is 8.93. The normalized spacial score (nSPS) is 28.4. The van der Waals surface area contributed by atoms with E-state index in [2.05, 4.69) is 31.3 Å². The minimum absolute atomic E-state index is 0.0204. The molecule has 5 rings (SSSR count). The van der Waals surface area contributed by atoms with Crippen molar-refractivity contribution in [3.63, 3.8) is 0 Å². The zero-order valence-electron chi connectivity index (χ0n) is 18.1. The van der Waals surface area contributed by atoms with Crippen LogP contribution in [0, 0.1) is 24.2 Å². The Hall–Kier alpha value is -3.45. The molecular weight excluding hydrogens is 425 g/mol. The van der Waals surface area contributed by atoms with Gasteiger partial charge in [-0.05, 0) is 30.9 Å². The van der Waals surface area contributed by atoms with Gasteiger partial charge in [0.1, 0.15) is 24.0 Å². The first kappa shape index (κ1) is 21.4. The monoisotopic (exact) mass is 449 g/mol. The summed E-state index contributed by atoms with van der Waals surface area (Å²) in [6.45, 7) is 2.12. The highest BCUT2D eigenvalue weighted by molar-refractivity contribution is 6.47. The Morgan fingerprint density at radius 2 is 2.15 bits per heavy atom. The smallest absolute Gasteiger partial charge is 0.273 e. The highest BCUT2D eigenvalue weighted by Crippen LogP contribution is 2.36. The molecular formula is C23H24FN7O2. The summed E-state index contributed by atoms with van der Waals surface area (Å²) in [6, 6.07) is 3.33. The number of hydrogen-bond donors (Lipinski definition) is 2. The molecule has 170 valence electrons. The molecule has 1 saturated carbocycles. The third kappa shape index (κ3) is 3.93. The summed E-state index contributed by atoms with van der Waals surface area (Å²) >= 11 is 0. The van der Waals surface area contributed by atoms with Crippen molar-refractivity contribution in [2.45, 2.75) is 57.1 Å². The SMILES string of the molecule is Cc1cncc([C@H]2C[C@H](F)CN2C(=O)C2=NCc3ncnc(N[C@@H]4C[C@@H](C#N)C[C@H]4O)c32)c1. The molecule has 0 aromatic carbocycles. The van der Waals surface area contributed by atoms with E-state index in [-0.39, 0.29) is 43.1 Å². The molecule has 0 spiro atoms. The first-order valence-corrected chi connectivity index (χ1v) is 11.0. The van der Waals surface area contributed by atoms with E-state index in [9.17, 15) is 19.6 Å². The molecule has 1 saturated heterocycles. The van der Waals surface area contributed by atoms with Crippen LogP contribution in [0.4, 0.5) is 10.2 Å². The molecule has 0 unspecified atom stereocenters. The lowest BCUT2D eigenvalue weighted by atomic mass is 10.0. The first-order chi connectivity index (χ1) is 15.9. The third-order valence-corrected chi connectivity index (χ3v) is 6.58. The van der Waals surface area contributed by atoms with Crippen LogP contribution in [0.1, 0.15) is 47.7 Å². The zero-order chi connectivity index (χ0) is 23.1. The molecule has 10 heteroatoms. The number of carbonyl (C=O) groups excluding carboxylic acids is 1. The predicted octanol–water partition coefficient (Wildman–Crippen LogP) is 1.87. The summed E-state index contributed by atoms with van der Waals surface area (Å²) in [5.41, 5.74) is 3.01. The molecule has 3 aliphatic rings. The largest absolute Gasteiger partial charge is 0.391 e. The van der Waals surface area contributed by atoms with Crippen LogP contribution in [0.3, 0.4) is 0 Å². The van der Waals surface area contributed by atoms with Gasteiger partial charge in [0.15, 0.2) is 0 Å². The van der Waals surface area contributed by atoms with Gasteiger partial charge < -0.3 is 15.3 Å². The molecule has 2 aromatic heterocycles. The van der Waals surface area contributed by atoms with Crippen molar-refractivity contribution in [3.8, 4) is 6.07 Å². The van der Waals surface area contributed by atoms with Gasteiger partial charge >= 0.3 is 0 Å². The summed E-state index contributed by atoms with van der Waals surface area (Å²) in [6.07, 6.45) is 4.03. The van der Waals surface area contributed by atoms with Crippen molar-refractivity contribution in [1.29, 1.82) is 5.26 Å². The lowest BCUT2D eigenvalue weighted by molar-refractivity contribution is -0.125. The lowest BCUT2D eigenvalue weighted by Gasteiger charge is -2.25. The van der Waals surface area contributed by atoms with Gasteiger partial charge in [0.2, 0.25) is 0 Å². The number of halogens is 1. The maximum absolute atomic E-state index is 14.5. The summed E-state index contributed by atoms with van der Waals surface area (Å²) in [4.78, 5) is 32.3. The van der Waals surface area contributed by atoms with Crippen LogP contribution in [0.5, 0.6) is 0 Å². The van der Waals surface area contributed by atoms with Gasteiger partial charge in [0, 0.05) is 18.8 Å². The van der Waals surface area contributed by atoms with Gasteiger partial charge in [-0.25, -0.2) is 14.4 Å². The number of nitrogens with one attached hydrogen (secondary N) is 1. The summed E-state index contributed by atoms with van der Waals surface area (Å²) in [5, 5.41) is 22.7. The fraction of sp³-hybridized carbons (Fsp3) is 0.478. The Bertz CT molecular complexity index is 1160. The number of amides is 1. The number of aryl methyl sites for hydroxylation is 1. The molecule has 2 fully saturated rings. The number of rotatable bonds is 4. The molecule has 0 bridgehead atoms. The minimum Gasteiger partial charge on any atom is -0.391 e. The molecule has 0 radical (unpaired) electrons. The number of carbonyl (C=O) groups is 1. The molecule has 33 heavy (non-hydrogen) atoms. The average molecular weight is 449 g/mol. The molecule has 4 heterocycles. The summed E-state index contributed by atoms with van der Waals surface area (Å²) < 4.78 is 14.5.